The van der Waals surface area contributed by atoms with Gasteiger partial charge in [0.1, 0.15) is 12.3 Å². The van der Waals surface area contributed by atoms with E-state index in [9.17, 15) is 9.59 Å². The van der Waals surface area contributed by atoms with Crippen LogP contribution in [0, 0.1) is 0 Å². The molecule has 1 aliphatic rings. The second-order valence-corrected chi connectivity index (χ2v) is 5.99. The highest BCUT2D eigenvalue weighted by atomic mass is 16.3. The number of rotatable bonds is 5. The van der Waals surface area contributed by atoms with Crippen molar-refractivity contribution in [1.29, 1.82) is 0 Å². The molecule has 1 aromatic carbocycles. The topological polar surface area (TPSA) is 88.6 Å². The minimum absolute atomic E-state index is 0.0169. The van der Waals surface area contributed by atoms with E-state index in [1.807, 2.05) is 35.2 Å². The Morgan fingerprint density at radius 2 is 1.88 bits per heavy atom. The maximum atomic E-state index is 12.3. The van der Waals surface area contributed by atoms with Crippen LogP contribution in [0.15, 0.2) is 53.3 Å². The van der Waals surface area contributed by atoms with Crippen molar-refractivity contribution in [3.05, 3.63) is 60.1 Å². The van der Waals surface area contributed by atoms with E-state index in [1.165, 1.54) is 12.5 Å². The Labute approximate surface area is 140 Å². The van der Waals surface area contributed by atoms with Crippen LogP contribution in [0.2, 0.25) is 0 Å². The van der Waals surface area contributed by atoms with Crippen molar-refractivity contribution in [2.45, 2.75) is 24.9 Å². The van der Waals surface area contributed by atoms with Gasteiger partial charge in [-0.1, -0.05) is 30.3 Å². The third-order valence-corrected chi connectivity index (χ3v) is 4.37. The van der Waals surface area contributed by atoms with E-state index < -0.39 is 11.9 Å². The zero-order valence-electron chi connectivity index (χ0n) is 13.4. The summed E-state index contributed by atoms with van der Waals surface area (Å²) in [6, 6.07) is 10.8. The van der Waals surface area contributed by atoms with Gasteiger partial charge in [0.15, 0.2) is 0 Å². The summed E-state index contributed by atoms with van der Waals surface area (Å²) in [6.07, 6.45) is 4.52. The molecule has 3 N–H and O–H groups in total. The highest BCUT2D eigenvalue weighted by Gasteiger charge is 2.27. The Kier molecular flexibility index (Phi) is 4.96. The molecule has 1 aliphatic heterocycles. The standard InChI is InChI=1S/C18H21N3O3/c19-17(22)16(13-4-2-1-3-5-13)20-15-6-9-21(10-7-15)18(23)14-8-11-24-12-14/h1-5,8,11-12,15-16,20H,6-7,9-10H2,(H2,19,22)/t16-/m1/s1. The highest BCUT2D eigenvalue weighted by molar-refractivity contribution is 5.93. The summed E-state index contributed by atoms with van der Waals surface area (Å²) in [7, 11) is 0. The van der Waals surface area contributed by atoms with Crippen LogP contribution in [0.1, 0.15) is 34.8 Å². The van der Waals surface area contributed by atoms with Gasteiger partial charge in [0, 0.05) is 19.1 Å². The number of furan rings is 1. The Bertz CT molecular complexity index is 677. The molecular weight excluding hydrogens is 306 g/mol. The van der Waals surface area contributed by atoms with Crippen LogP contribution in [0.3, 0.4) is 0 Å². The molecule has 2 heterocycles. The number of piperidine rings is 1. The number of nitrogens with one attached hydrogen (secondary N) is 1. The van der Waals surface area contributed by atoms with Crippen molar-refractivity contribution in [2.24, 2.45) is 5.73 Å². The molecule has 6 heteroatoms. The smallest absolute Gasteiger partial charge is 0.257 e. The summed E-state index contributed by atoms with van der Waals surface area (Å²) in [5.74, 6) is -0.408. The van der Waals surface area contributed by atoms with Crippen molar-refractivity contribution in [3.8, 4) is 0 Å². The summed E-state index contributed by atoms with van der Waals surface area (Å²) < 4.78 is 4.96. The van der Waals surface area contributed by atoms with Gasteiger partial charge in [-0.2, -0.15) is 0 Å². The summed E-state index contributed by atoms with van der Waals surface area (Å²) in [4.78, 5) is 25.9. The SMILES string of the molecule is NC(=O)[C@H](NC1CCN(C(=O)c2ccoc2)CC1)c1ccccc1. The molecule has 1 fully saturated rings. The third kappa shape index (κ3) is 3.65. The predicted octanol–water partition coefficient (Wildman–Crippen LogP) is 1.70. The quantitative estimate of drug-likeness (QED) is 0.875. The fourth-order valence-corrected chi connectivity index (χ4v) is 3.04. The number of carbonyl (C=O) groups excluding carboxylic acids is 2. The molecule has 2 aromatic rings. The highest BCUT2D eigenvalue weighted by Crippen LogP contribution is 2.19. The molecule has 6 nitrogen and oxygen atoms in total. The Hall–Kier alpha value is -2.60. The predicted molar refractivity (Wildman–Crippen MR) is 89.1 cm³/mol. The van der Waals surface area contributed by atoms with E-state index in [2.05, 4.69) is 5.32 Å². The zero-order valence-corrected chi connectivity index (χ0v) is 13.4. The molecule has 0 radical (unpaired) electrons. The molecule has 1 atom stereocenters. The number of likely N-dealkylation sites (tertiary alicyclic amines) is 1. The van der Waals surface area contributed by atoms with E-state index in [0.29, 0.717) is 18.7 Å². The lowest BCUT2D eigenvalue weighted by atomic mass is 10.00. The second kappa shape index (κ2) is 7.31. The number of amides is 2. The van der Waals surface area contributed by atoms with Crippen LogP contribution in [-0.2, 0) is 4.79 Å². The van der Waals surface area contributed by atoms with Crippen LogP contribution in [0.5, 0.6) is 0 Å². The number of nitrogens with zero attached hydrogens (tertiary/aromatic N) is 1. The van der Waals surface area contributed by atoms with Gasteiger partial charge in [0.2, 0.25) is 5.91 Å². The molecular formula is C18H21N3O3. The van der Waals surface area contributed by atoms with Crippen LogP contribution < -0.4 is 11.1 Å². The number of benzene rings is 1. The first-order valence-corrected chi connectivity index (χ1v) is 8.07. The van der Waals surface area contributed by atoms with Crippen molar-refractivity contribution >= 4 is 11.8 Å². The maximum absolute atomic E-state index is 12.3. The molecule has 24 heavy (non-hydrogen) atoms. The van der Waals surface area contributed by atoms with Crippen LogP contribution in [-0.4, -0.2) is 35.8 Å². The molecule has 3 rings (SSSR count). The van der Waals surface area contributed by atoms with Crippen molar-refractivity contribution in [1.82, 2.24) is 10.2 Å². The molecule has 2 amide bonds. The number of hydrogen-bond donors (Lipinski definition) is 2. The molecule has 126 valence electrons. The van der Waals surface area contributed by atoms with Crippen molar-refractivity contribution in [2.75, 3.05) is 13.1 Å². The number of carbonyl (C=O) groups is 2. The van der Waals surface area contributed by atoms with Gasteiger partial charge in [-0.15, -0.1) is 0 Å². The molecule has 0 spiro atoms. The van der Waals surface area contributed by atoms with E-state index in [4.69, 9.17) is 10.2 Å². The van der Waals surface area contributed by atoms with Gasteiger partial charge < -0.3 is 15.1 Å². The lowest BCUT2D eigenvalue weighted by molar-refractivity contribution is -0.120. The Balaban J connectivity index is 1.58. The first-order chi connectivity index (χ1) is 11.6. The second-order valence-electron chi connectivity index (χ2n) is 5.99. The van der Waals surface area contributed by atoms with E-state index in [-0.39, 0.29) is 11.9 Å². The fraction of sp³-hybridized carbons (Fsp3) is 0.333. The summed E-state index contributed by atoms with van der Waals surface area (Å²) in [6.45, 7) is 1.28. The van der Waals surface area contributed by atoms with E-state index >= 15 is 0 Å². The Morgan fingerprint density at radius 1 is 1.17 bits per heavy atom. The van der Waals surface area contributed by atoms with Gasteiger partial charge >= 0.3 is 0 Å². The summed E-state index contributed by atoms with van der Waals surface area (Å²) in [5.41, 5.74) is 6.98. The van der Waals surface area contributed by atoms with Gasteiger partial charge in [-0.25, -0.2) is 0 Å². The van der Waals surface area contributed by atoms with Gasteiger partial charge in [-0.3, -0.25) is 14.9 Å². The van der Waals surface area contributed by atoms with Crippen LogP contribution in [0.4, 0.5) is 0 Å². The van der Waals surface area contributed by atoms with Gasteiger partial charge in [0.05, 0.1) is 11.8 Å². The molecule has 0 unspecified atom stereocenters. The lowest BCUT2D eigenvalue weighted by Gasteiger charge is -2.34. The van der Waals surface area contributed by atoms with Crippen LogP contribution >= 0.6 is 0 Å². The van der Waals surface area contributed by atoms with Gasteiger partial charge in [-0.05, 0) is 24.5 Å². The van der Waals surface area contributed by atoms with Crippen molar-refractivity contribution in [3.63, 3.8) is 0 Å². The number of primary amides is 1. The maximum Gasteiger partial charge on any atom is 0.257 e. The molecule has 0 aliphatic carbocycles. The lowest BCUT2D eigenvalue weighted by Crippen LogP contribution is -2.47. The normalized spacial score (nSPS) is 16.8. The van der Waals surface area contributed by atoms with E-state index in [0.717, 1.165) is 18.4 Å². The molecule has 1 aromatic heterocycles. The van der Waals surface area contributed by atoms with Gasteiger partial charge in [0.25, 0.3) is 5.91 Å². The summed E-state index contributed by atoms with van der Waals surface area (Å²) >= 11 is 0. The minimum Gasteiger partial charge on any atom is -0.472 e. The summed E-state index contributed by atoms with van der Waals surface area (Å²) in [5, 5.41) is 3.33. The first-order valence-electron chi connectivity index (χ1n) is 8.07. The third-order valence-electron chi connectivity index (χ3n) is 4.37. The average Bonchev–Trinajstić information content (AvgIpc) is 3.15. The van der Waals surface area contributed by atoms with E-state index in [1.54, 1.807) is 6.07 Å². The zero-order chi connectivity index (χ0) is 16.9. The monoisotopic (exact) mass is 327 g/mol. The largest absolute Gasteiger partial charge is 0.472 e. The number of hydrogen-bond acceptors (Lipinski definition) is 4. The first kappa shape index (κ1) is 16.3. The molecule has 1 saturated heterocycles. The number of nitrogens with two attached hydrogens (primary N) is 1. The average molecular weight is 327 g/mol. The molecule has 0 saturated carbocycles. The Morgan fingerprint density at radius 3 is 2.46 bits per heavy atom. The van der Waals surface area contributed by atoms with Crippen molar-refractivity contribution < 1.29 is 14.0 Å². The minimum atomic E-state index is -0.507. The molecule has 0 bridgehead atoms. The van der Waals surface area contributed by atoms with Crippen LogP contribution in [0.25, 0.3) is 0 Å². The fourth-order valence-electron chi connectivity index (χ4n) is 3.04.